The van der Waals surface area contributed by atoms with Crippen LogP contribution in [0.5, 0.6) is 5.75 Å². The molecule has 16 heavy (non-hydrogen) atoms. The maximum Gasteiger partial charge on any atom is 0.227 e. The van der Waals surface area contributed by atoms with Crippen LogP contribution in [0.1, 0.15) is 6.42 Å². The fourth-order valence-corrected chi connectivity index (χ4v) is 2.39. The Morgan fingerprint density at radius 1 is 1.56 bits per heavy atom. The van der Waals surface area contributed by atoms with Crippen LogP contribution in [0.25, 0.3) is 0 Å². The van der Waals surface area contributed by atoms with Gasteiger partial charge in [-0.25, -0.2) is 0 Å². The van der Waals surface area contributed by atoms with Crippen molar-refractivity contribution in [3.05, 3.63) is 22.7 Å². The van der Waals surface area contributed by atoms with Gasteiger partial charge >= 0.3 is 0 Å². The van der Waals surface area contributed by atoms with Crippen LogP contribution < -0.4 is 4.90 Å². The van der Waals surface area contributed by atoms with Crippen LogP contribution in [-0.2, 0) is 4.79 Å². The topological polar surface area (TPSA) is 40.5 Å². The summed E-state index contributed by atoms with van der Waals surface area (Å²) in [6, 6.07) is 5.04. The van der Waals surface area contributed by atoms with E-state index >= 15 is 0 Å². The van der Waals surface area contributed by atoms with Gasteiger partial charge in [-0.1, -0.05) is 15.9 Å². The van der Waals surface area contributed by atoms with E-state index in [4.69, 9.17) is 11.6 Å². The third kappa shape index (κ3) is 2.18. The maximum absolute atomic E-state index is 11.7. The van der Waals surface area contributed by atoms with Gasteiger partial charge in [0.15, 0.2) is 0 Å². The molecular formula is C11H11BrClNO2. The Kier molecular flexibility index (Phi) is 3.40. The number of halogens is 2. The lowest BCUT2D eigenvalue weighted by Gasteiger charge is -2.17. The Hall–Kier alpha value is -0.740. The Bertz CT molecular complexity index is 424. The van der Waals surface area contributed by atoms with Gasteiger partial charge in [-0.2, -0.15) is 0 Å². The number of carbonyl (C=O) groups excluding carboxylic acids is 1. The summed E-state index contributed by atoms with van der Waals surface area (Å²) in [5.41, 5.74) is 0.548. The number of nitrogens with zero attached hydrogens (tertiary/aromatic N) is 1. The number of benzene rings is 1. The van der Waals surface area contributed by atoms with Crippen molar-refractivity contribution in [1.82, 2.24) is 0 Å². The molecule has 0 aromatic heterocycles. The van der Waals surface area contributed by atoms with Crippen molar-refractivity contribution >= 4 is 39.1 Å². The largest absolute Gasteiger partial charge is 0.506 e. The van der Waals surface area contributed by atoms with E-state index in [1.165, 1.54) is 0 Å². The monoisotopic (exact) mass is 303 g/mol. The van der Waals surface area contributed by atoms with E-state index in [0.29, 0.717) is 24.5 Å². The molecule has 1 aromatic carbocycles. The molecule has 0 aliphatic carbocycles. The van der Waals surface area contributed by atoms with E-state index in [1.54, 1.807) is 23.1 Å². The van der Waals surface area contributed by atoms with Crippen LogP contribution in [-0.4, -0.2) is 23.4 Å². The van der Waals surface area contributed by atoms with Crippen LogP contribution in [0, 0.1) is 5.92 Å². The summed E-state index contributed by atoms with van der Waals surface area (Å²) in [5, 5.41) is 9.72. The number of anilines is 1. The molecule has 1 unspecified atom stereocenters. The number of alkyl halides is 1. The summed E-state index contributed by atoms with van der Waals surface area (Å²) in [7, 11) is 0. The zero-order valence-electron chi connectivity index (χ0n) is 8.49. The van der Waals surface area contributed by atoms with E-state index in [2.05, 4.69) is 15.9 Å². The number of rotatable bonds is 2. The molecule has 0 saturated carbocycles. The highest BCUT2D eigenvalue weighted by atomic mass is 79.9. The molecule has 1 saturated heterocycles. The van der Waals surface area contributed by atoms with Gasteiger partial charge < -0.3 is 10.0 Å². The van der Waals surface area contributed by atoms with E-state index in [0.717, 1.165) is 4.47 Å². The highest BCUT2D eigenvalue weighted by molar-refractivity contribution is 9.10. The first-order chi connectivity index (χ1) is 7.61. The third-order valence-corrected chi connectivity index (χ3v) is 3.58. The van der Waals surface area contributed by atoms with Gasteiger partial charge in [0.2, 0.25) is 5.91 Å². The summed E-state index contributed by atoms with van der Waals surface area (Å²) >= 11 is 9.07. The minimum absolute atomic E-state index is 0.0130. The first-order valence-electron chi connectivity index (χ1n) is 4.96. The van der Waals surface area contributed by atoms with Gasteiger partial charge in [0.1, 0.15) is 5.75 Å². The van der Waals surface area contributed by atoms with Crippen LogP contribution in [0.3, 0.4) is 0 Å². The molecule has 3 nitrogen and oxygen atoms in total. The van der Waals surface area contributed by atoms with E-state index in [9.17, 15) is 9.90 Å². The predicted molar refractivity (Wildman–Crippen MR) is 67.0 cm³/mol. The number of hydrogen-bond acceptors (Lipinski definition) is 2. The second-order valence-electron chi connectivity index (χ2n) is 3.86. The molecule has 1 N–H and O–H groups in total. The van der Waals surface area contributed by atoms with Gasteiger partial charge in [-0.05, 0) is 24.1 Å². The SMILES string of the molecule is O=C1CC(CCl)CN1c1cc(Br)ccc1O. The Morgan fingerprint density at radius 3 is 2.94 bits per heavy atom. The number of aromatic hydroxyl groups is 1. The average molecular weight is 305 g/mol. The molecule has 1 heterocycles. The smallest absolute Gasteiger partial charge is 0.227 e. The van der Waals surface area contributed by atoms with Crippen molar-refractivity contribution in [3.63, 3.8) is 0 Å². The standard InChI is InChI=1S/C11H11BrClNO2/c12-8-1-2-10(15)9(4-8)14-6-7(5-13)3-11(14)16/h1-2,4,7,15H,3,5-6H2. The van der Waals surface area contributed by atoms with Gasteiger partial charge in [0.25, 0.3) is 0 Å². The van der Waals surface area contributed by atoms with E-state index in [-0.39, 0.29) is 17.6 Å². The van der Waals surface area contributed by atoms with Crippen LogP contribution in [0.2, 0.25) is 0 Å². The lowest BCUT2D eigenvalue weighted by molar-refractivity contribution is -0.117. The molecule has 1 atom stereocenters. The summed E-state index contributed by atoms with van der Waals surface area (Å²) in [4.78, 5) is 13.3. The van der Waals surface area contributed by atoms with Crippen LogP contribution >= 0.6 is 27.5 Å². The second-order valence-corrected chi connectivity index (χ2v) is 5.09. The van der Waals surface area contributed by atoms with Crippen molar-refractivity contribution in [2.75, 3.05) is 17.3 Å². The number of phenolic OH excluding ortho intramolecular Hbond substituents is 1. The highest BCUT2D eigenvalue weighted by Crippen LogP contribution is 2.34. The summed E-state index contributed by atoms with van der Waals surface area (Å²) in [5.74, 6) is 0.773. The van der Waals surface area contributed by atoms with Crippen molar-refractivity contribution in [1.29, 1.82) is 0 Å². The fourth-order valence-electron chi connectivity index (χ4n) is 1.83. The number of phenols is 1. The van der Waals surface area contributed by atoms with E-state index in [1.807, 2.05) is 0 Å². The maximum atomic E-state index is 11.7. The van der Waals surface area contributed by atoms with Gasteiger partial charge in [-0.15, -0.1) is 11.6 Å². The zero-order valence-corrected chi connectivity index (χ0v) is 10.8. The average Bonchev–Trinajstić information content (AvgIpc) is 2.63. The molecule has 0 radical (unpaired) electrons. The third-order valence-electron chi connectivity index (χ3n) is 2.65. The highest BCUT2D eigenvalue weighted by Gasteiger charge is 2.31. The molecule has 2 rings (SSSR count). The molecule has 1 aliphatic heterocycles. The first kappa shape index (κ1) is 11.7. The van der Waals surface area contributed by atoms with Crippen LogP contribution in [0.15, 0.2) is 22.7 Å². The predicted octanol–water partition coefficient (Wildman–Crippen LogP) is 2.75. The Labute approximate surface area is 107 Å². The lowest BCUT2D eigenvalue weighted by Crippen LogP contribution is -2.24. The first-order valence-corrected chi connectivity index (χ1v) is 6.29. The van der Waals surface area contributed by atoms with Crippen LogP contribution in [0.4, 0.5) is 5.69 Å². The molecule has 1 fully saturated rings. The normalized spacial score (nSPS) is 20.5. The molecular weight excluding hydrogens is 293 g/mol. The van der Waals surface area contributed by atoms with Crippen molar-refractivity contribution in [2.45, 2.75) is 6.42 Å². The second kappa shape index (κ2) is 4.63. The fraction of sp³-hybridized carbons (Fsp3) is 0.364. The summed E-state index contributed by atoms with van der Waals surface area (Å²) in [6.07, 6.45) is 0.454. The Balaban J connectivity index is 2.30. The Morgan fingerprint density at radius 2 is 2.31 bits per heavy atom. The molecule has 0 bridgehead atoms. The number of carbonyl (C=O) groups is 1. The van der Waals surface area contributed by atoms with Gasteiger partial charge in [0.05, 0.1) is 5.69 Å². The number of amides is 1. The van der Waals surface area contributed by atoms with Crippen molar-refractivity contribution in [2.24, 2.45) is 5.92 Å². The van der Waals surface area contributed by atoms with Crippen molar-refractivity contribution in [3.8, 4) is 5.75 Å². The molecule has 1 aromatic rings. The molecule has 86 valence electrons. The summed E-state index contributed by atoms with van der Waals surface area (Å²) in [6.45, 7) is 0.576. The molecule has 5 heteroatoms. The lowest BCUT2D eigenvalue weighted by atomic mass is 10.1. The van der Waals surface area contributed by atoms with Crippen molar-refractivity contribution < 1.29 is 9.90 Å². The minimum Gasteiger partial charge on any atom is -0.506 e. The zero-order chi connectivity index (χ0) is 11.7. The quantitative estimate of drug-likeness (QED) is 0.854. The van der Waals surface area contributed by atoms with Gasteiger partial charge in [-0.3, -0.25) is 4.79 Å². The molecule has 1 aliphatic rings. The summed E-state index contributed by atoms with van der Waals surface area (Å²) < 4.78 is 0.836. The molecule has 1 amide bonds. The number of hydrogen-bond donors (Lipinski definition) is 1. The molecule has 0 spiro atoms. The minimum atomic E-state index is 0.0130. The van der Waals surface area contributed by atoms with E-state index < -0.39 is 0 Å². The van der Waals surface area contributed by atoms with Gasteiger partial charge in [0, 0.05) is 23.3 Å².